The van der Waals surface area contributed by atoms with Crippen LogP contribution >= 0.6 is 0 Å². The molecule has 0 aromatic heterocycles. The van der Waals surface area contributed by atoms with Gasteiger partial charge >= 0.3 is 0 Å². The maximum atomic E-state index is 12.2. The molecule has 2 aliphatic rings. The van der Waals surface area contributed by atoms with E-state index in [1.165, 1.54) is 25.7 Å². The highest BCUT2D eigenvalue weighted by atomic mass is 16.2. The lowest BCUT2D eigenvalue weighted by Gasteiger charge is -2.29. The van der Waals surface area contributed by atoms with Crippen LogP contribution < -0.4 is 5.32 Å². The molecule has 4 heteroatoms. The number of hydrogen-bond acceptors (Lipinski definition) is 3. The van der Waals surface area contributed by atoms with Gasteiger partial charge in [-0.3, -0.25) is 10.1 Å². The van der Waals surface area contributed by atoms with Gasteiger partial charge in [0.05, 0.1) is 12.2 Å². The quantitative estimate of drug-likeness (QED) is 0.797. The molecule has 2 atom stereocenters. The van der Waals surface area contributed by atoms with Crippen LogP contribution in [0.4, 0.5) is 0 Å². The van der Waals surface area contributed by atoms with E-state index in [-0.39, 0.29) is 18.1 Å². The van der Waals surface area contributed by atoms with Crippen LogP contribution in [-0.2, 0) is 4.79 Å². The summed E-state index contributed by atoms with van der Waals surface area (Å²) in [4.78, 5) is 16.7. The summed E-state index contributed by atoms with van der Waals surface area (Å²) in [5.41, 5.74) is 0. The highest BCUT2D eigenvalue weighted by molar-refractivity contribution is 5.83. The highest BCUT2D eigenvalue weighted by Crippen LogP contribution is 2.22. The van der Waals surface area contributed by atoms with E-state index in [9.17, 15) is 4.79 Å². The molecule has 19 heavy (non-hydrogen) atoms. The molecule has 0 radical (unpaired) electrons. The Morgan fingerprint density at radius 3 is 2.68 bits per heavy atom. The second-order valence-corrected chi connectivity index (χ2v) is 6.14. The third kappa shape index (κ3) is 3.48. The monoisotopic (exact) mass is 267 g/mol. The number of amides is 1. The average molecular weight is 267 g/mol. The van der Waals surface area contributed by atoms with Crippen molar-refractivity contribution in [1.29, 1.82) is 0 Å². The molecule has 110 valence electrons. The van der Waals surface area contributed by atoms with Crippen molar-refractivity contribution in [3.05, 3.63) is 0 Å². The van der Waals surface area contributed by atoms with Gasteiger partial charge in [-0.15, -0.1) is 0 Å². The zero-order chi connectivity index (χ0) is 13.8. The summed E-state index contributed by atoms with van der Waals surface area (Å²) in [5.74, 6) is 0.276. The molecular formula is C15H29N3O. The Kier molecular flexibility index (Phi) is 5.22. The number of likely N-dealkylation sites (N-methyl/N-ethyl adjacent to an activating group) is 1. The molecule has 0 spiro atoms. The number of carbonyl (C=O) groups excluding carboxylic acids is 1. The first kappa shape index (κ1) is 14.8. The van der Waals surface area contributed by atoms with Gasteiger partial charge in [0.2, 0.25) is 5.91 Å². The molecular weight excluding hydrogens is 238 g/mol. The lowest BCUT2D eigenvalue weighted by molar-refractivity contribution is -0.130. The van der Waals surface area contributed by atoms with Crippen molar-refractivity contribution in [2.24, 2.45) is 0 Å². The molecule has 4 nitrogen and oxygen atoms in total. The lowest BCUT2D eigenvalue weighted by atomic mass is 10.2. The first-order valence-corrected chi connectivity index (χ1v) is 7.90. The molecule has 0 bridgehead atoms. The van der Waals surface area contributed by atoms with Gasteiger partial charge in [0.15, 0.2) is 0 Å². The summed E-state index contributed by atoms with van der Waals surface area (Å²) < 4.78 is 0. The maximum Gasteiger partial charge on any atom is 0.240 e. The topological polar surface area (TPSA) is 35.6 Å². The molecule has 0 aromatic rings. The van der Waals surface area contributed by atoms with Gasteiger partial charge in [-0.25, -0.2) is 0 Å². The van der Waals surface area contributed by atoms with Crippen molar-refractivity contribution in [3.63, 3.8) is 0 Å². The van der Waals surface area contributed by atoms with Gasteiger partial charge in [0, 0.05) is 19.1 Å². The summed E-state index contributed by atoms with van der Waals surface area (Å²) in [6, 6.07) is 0.737. The first-order valence-electron chi connectivity index (χ1n) is 7.90. The fourth-order valence-electron chi connectivity index (χ4n) is 3.42. The average Bonchev–Trinajstić information content (AvgIpc) is 2.99. The maximum absolute atomic E-state index is 12.2. The predicted molar refractivity (Wildman–Crippen MR) is 77.9 cm³/mol. The van der Waals surface area contributed by atoms with Crippen LogP contribution in [0.2, 0.25) is 0 Å². The Morgan fingerprint density at radius 2 is 2.05 bits per heavy atom. The van der Waals surface area contributed by atoms with Crippen molar-refractivity contribution in [2.75, 3.05) is 20.1 Å². The largest absolute Gasteiger partial charge is 0.325 e. The molecule has 0 aromatic carbocycles. The zero-order valence-electron chi connectivity index (χ0n) is 12.7. The summed E-state index contributed by atoms with van der Waals surface area (Å²) in [6.07, 6.45) is 7.83. The van der Waals surface area contributed by atoms with Crippen LogP contribution in [0.25, 0.3) is 0 Å². The van der Waals surface area contributed by atoms with E-state index in [0.29, 0.717) is 0 Å². The van der Waals surface area contributed by atoms with Crippen LogP contribution in [0.3, 0.4) is 0 Å². The molecule has 2 unspecified atom stereocenters. The Labute approximate surface area is 117 Å². The van der Waals surface area contributed by atoms with Gasteiger partial charge < -0.3 is 9.80 Å². The van der Waals surface area contributed by atoms with E-state index in [1.807, 2.05) is 6.92 Å². The van der Waals surface area contributed by atoms with Gasteiger partial charge in [-0.1, -0.05) is 26.2 Å². The highest BCUT2D eigenvalue weighted by Gasteiger charge is 2.35. The van der Waals surface area contributed by atoms with E-state index in [1.54, 1.807) is 0 Å². The van der Waals surface area contributed by atoms with Crippen LogP contribution in [0.5, 0.6) is 0 Å². The van der Waals surface area contributed by atoms with Crippen molar-refractivity contribution in [2.45, 2.75) is 70.6 Å². The molecule has 1 amide bonds. The normalized spacial score (nSPS) is 28.8. The third-order valence-electron chi connectivity index (χ3n) is 4.68. The Bertz CT molecular complexity index is 302. The minimum absolute atomic E-state index is 0.00617. The minimum atomic E-state index is -0.00617. The van der Waals surface area contributed by atoms with Crippen LogP contribution in [0, 0.1) is 0 Å². The SMILES string of the molecule is CCCC1NC(C)C(=O)N1CCN(C)C1CCCC1. The number of nitrogens with zero attached hydrogens (tertiary/aromatic N) is 2. The zero-order valence-corrected chi connectivity index (χ0v) is 12.7. The molecule has 2 rings (SSSR count). The first-order chi connectivity index (χ1) is 9.13. The van der Waals surface area contributed by atoms with Crippen LogP contribution in [-0.4, -0.2) is 54.1 Å². The number of hydrogen-bond donors (Lipinski definition) is 1. The summed E-state index contributed by atoms with van der Waals surface area (Å²) in [6.45, 7) is 6.03. The fraction of sp³-hybridized carbons (Fsp3) is 0.933. The second-order valence-electron chi connectivity index (χ2n) is 6.14. The van der Waals surface area contributed by atoms with Crippen molar-refractivity contribution < 1.29 is 4.79 Å². The minimum Gasteiger partial charge on any atom is -0.325 e. The molecule has 1 aliphatic carbocycles. The third-order valence-corrected chi connectivity index (χ3v) is 4.68. The fourth-order valence-corrected chi connectivity index (χ4v) is 3.42. The predicted octanol–water partition coefficient (Wildman–Crippen LogP) is 1.81. The smallest absolute Gasteiger partial charge is 0.240 e. The molecule has 1 saturated heterocycles. The van der Waals surface area contributed by atoms with E-state index >= 15 is 0 Å². The number of carbonyl (C=O) groups is 1. The Balaban J connectivity index is 1.83. The summed E-state index contributed by atoms with van der Waals surface area (Å²) in [5, 5.41) is 3.41. The molecule has 1 saturated carbocycles. The molecule has 2 fully saturated rings. The van der Waals surface area contributed by atoms with E-state index in [0.717, 1.165) is 32.0 Å². The lowest BCUT2D eigenvalue weighted by Crippen LogP contribution is -2.43. The molecule has 1 heterocycles. The van der Waals surface area contributed by atoms with Crippen molar-refractivity contribution in [3.8, 4) is 0 Å². The van der Waals surface area contributed by atoms with E-state index in [4.69, 9.17) is 0 Å². The number of rotatable bonds is 6. The van der Waals surface area contributed by atoms with Crippen molar-refractivity contribution >= 4 is 5.91 Å². The summed E-state index contributed by atoms with van der Waals surface area (Å²) in [7, 11) is 2.21. The van der Waals surface area contributed by atoms with Gasteiger partial charge in [0.25, 0.3) is 0 Å². The van der Waals surface area contributed by atoms with Crippen LogP contribution in [0.1, 0.15) is 52.4 Å². The summed E-state index contributed by atoms with van der Waals surface area (Å²) >= 11 is 0. The van der Waals surface area contributed by atoms with Gasteiger partial charge in [0.1, 0.15) is 0 Å². The van der Waals surface area contributed by atoms with Gasteiger partial charge in [-0.2, -0.15) is 0 Å². The molecule has 1 N–H and O–H groups in total. The Morgan fingerprint density at radius 1 is 1.37 bits per heavy atom. The van der Waals surface area contributed by atoms with E-state index < -0.39 is 0 Å². The van der Waals surface area contributed by atoms with E-state index in [2.05, 4.69) is 29.1 Å². The van der Waals surface area contributed by atoms with Crippen LogP contribution in [0.15, 0.2) is 0 Å². The van der Waals surface area contributed by atoms with Crippen molar-refractivity contribution in [1.82, 2.24) is 15.1 Å². The number of nitrogens with one attached hydrogen (secondary N) is 1. The second kappa shape index (κ2) is 6.71. The molecule has 1 aliphatic heterocycles. The Hall–Kier alpha value is -0.610. The standard InChI is InChI=1S/C15H29N3O/c1-4-7-14-16-12(2)15(19)18(14)11-10-17(3)13-8-5-6-9-13/h12-14,16H,4-11H2,1-3H3. The van der Waals surface area contributed by atoms with Gasteiger partial charge in [-0.05, 0) is 33.2 Å².